The molecule has 1 aliphatic rings. The summed E-state index contributed by atoms with van der Waals surface area (Å²) in [5, 5.41) is 5.65. The Labute approximate surface area is 127 Å². The quantitative estimate of drug-likeness (QED) is 0.755. The van der Waals surface area contributed by atoms with Crippen LogP contribution in [0.25, 0.3) is 10.9 Å². The van der Waals surface area contributed by atoms with Crippen molar-refractivity contribution in [1.29, 1.82) is 0 Å². The number of piperazine rings is 1. The van der Waals surface area contributed by atoms with E-state index >= 15 is 0 Å². The molecule has 6 nitrogen and oxygen atoms in total. The molecule has 1 amide bonds. The van der Waals surface area contributed by atoms with Crippen LogP contribution in [0.1, 0.15) is 10.5 Å². The highest BCUT2D eigenvalue weighted by atomic mass is 35.5. The Morgan fingerprint density at radius 3 is 2.67 bits per heavy atom. The minimum Gasteiger partial charge on any atom is -0.350 e. The van der Waals surface area contributed by atoms with Crippen LogP contribution in [0.5, 0.6) is 0 Å². The number of benzene rings is 1. The minimum absolute atomic E-state index is 0. The van der Waals surface area contributed by atoms with E-state index < -0.39 is 0 Å². The van der Waals surface area contributed by atoms with E-state index in [9.17, 15) is 9.59 Å². The zero-order valence-electron chi connectivity index (χ0n) is 11.4. The molecule has 3 rings (SSSR count). The predicted octanol–water partition coefficient (Wildman–Crippen LogP) is 0.500. The largest absolute Gasteiger partial charge is 0.350 e. The molecule has 21 heavy (non-hydrogen) atoms. The zero-order chi connectivity index (χ0) is 13.9. The number of para-hydroxylation sites is 1. The summed E-state index contributed by atoms with van der Waals surface area (Å²) in [4.78, 5) is 27.1. The molecule has 2 aromatic rings. The van der Waals surface area contributed by atoms with Gasteiger partial charge in [0, 0.05) is 43.1 Å². The van der Waals surface area contributed by atoms with Crippen LogP contribution in [0.3, 0.4) is 0 Å². The van der Waals surface area contributed by atoms with Gasteiger partial charge in [-0.2, -0.15) is 0 Å². The summed E-state index contributed by atoms with van der Waals surface area (Å²) in [5.41, 5.74) is 3.62. The van der Waals surface area contributed by atoms with Gasteiger partial charge < -0.3 is 10.3 Å². The first-order valence-electron chi connectivity index (χ1n) is 6.63. The van der Waals surface area contributed by atoms with Crippen molar-refractivity contribution in [2.45, 2.75) is 0 Å². The van der Waals surface area contributed by atoms with Gasteiger partial charge in [-0.15, -0.1) is 12.4 Å². The molecular weight excluding hydrogens is 292 g/mol. The number of hydrogen-bond donors (Lipinski definition) is 3. The number of amides is 1. The molecule has 112 valence electrons. The Kier molecular flexibility index (Phi) is 4.95. The van der Waals surface area contributed by atoms with Crippen molar-refractivity contribution in [2.75, 3.05) is 26.2 Å². The lowest BCUT2D eigenvalue weighted by molar-refractivity contribution is 0.0760. The zero-order valence-corrected chi connectivity index (χ0v) is 12.2. The van der Waals surface area contributed by atoms with Crippen molar-refractivity contribution in [3.05, 3.63) is 46.2 Å². The average Bonchev–Trinajstić information content (AvgIpc) is 2.48. The molecule has 1 fully saturated rings. The fourth-order valence-corrected chi connectivity index (χ4v) is 2.30. The van der Waals surface area contributed by atoms with E-state index in [-0.39, 0.29) is 29.4 Å². The van der Waals surface area contributed by atoms with Gasteiger partial charge in [0.25, 0.3) is 5.91 Å². The maximum Gasteiger partial charge on any atom is 0.282 e. The van der Waals surface area contributed by atoms with Crippen molar-refractivity contribution in [3.8, 4) is 0 Å². The molecule has 0 atom stereocenters. The molecule has 1 aromatic carbocycles. The van der Waals surface area contributed by atoms with Gasteiger partial charge in [-0.25, -0.2) is 5.01 Å². The fourth-order valence-electron chi connectivity index (χ4n) is 2.30. The average molecular weight is 309 g/mol. The number of nitrogens with zero attached hydrogens (tertiary/aromatic N) is 1. The van der Waals surface area contributed by atoms with Gasteiger partial charge in [0.05, 0.1) is 0 Å². The highest BCUT2D eigenvalue weighted by Crippen LogP contribution is 2.07. The summed E-state index contributed by atoms with van der Waals surface area (Å²) in [6.07, 6.45) is 0. The molecule has 1 aromatic heterocycles. The van der Waals surface area contributed by atoms with Crippen LogP contribution in [-0.4, -0.2) is 42.1 Å². The number of aromatic nitrogens is 1. The Hall–Kier alpha value is -1.89. The maximum absolute atomic E-state index is 12.2. The number of rotatable bonds is 2. The lowest BCUT2D eigenvalue weighted by Crippen LogP contribution is -2.52. The standard InChI is InChI=1S/C14H16N4O2.ClH/c19-13-9-12(16-11-4-2-1-3-10(11)13)14(20)17-18-7-5-15-6-8-18;/h1-4,9,15H,5-8H2,(H,16,19)(H,17,20);1H. The number of carbonyl (C=O) groups excluding carboxylic acids is 1. The van der Waals surface area contributed by atoms with Gasteiger partial charge in [-0.05, 0) is 12.1 Å². The number of hydrazine groups is 1. The van der Waals surface area contributed by atoms with Crippen LogP contribution < -0.4 is 16.2 Å². The second kappa shape index (κ2) is 6.71. The first-order chi connectivity index (χ1) is 9.74. The van der Waals surface area contributed by atoms with Crippen LogP contribution in [-0.2, 0) is 0 Å². The van der Waals surface area contributed by atoms with E-state index in [2.05, 4.69) is 15.7 Å². The van der Waals surface area contributed by atoms with Gasteiger partial charge in [0.1, 0.15) is 5.69 Å². The first-order valence-corrected chi connectivity index (χ1v) is 6.63. The molecule has 0 aliphatic carbocycles. The topological polar surface area (TPSA) is 77.2 Å². The molecule has 2 heterocycles. The second-order valence-corrected chi connectivity index (χ2v) is 4.77. The number of aromatic amines is 1. The van der Waals surface area contributed by atoms with Crippen molar-refractivity contribution in [2.24, 2.45) is 0 Å². The van der Waals surface area contributed by atoms with E-state index in [1.165, 1.54) is 6.07 Å². The fraction of sp³-hybridized carbons (Fsp3) is 0.286. The number of H-pyrrole nitrogens is 1. The van der Waals surface area contributed by atoms with Crippen LogP contribution in [0.15, 0.2) is 35.1 Å². The van der Waals surface area contributed by atoms with Gasteiger partial charge in [0.15, 0.2) is 5.43 Å². The summed E-state index contributed by atoms with van der Waals surface area (Å²) < 4.78 is 0. The SMILES string of the molecule is Cl.O=C(NN1CCNCC1)c1cc(=O)c2ccccc2[nH]1. The Morgan fingerprint density at radius 1 is 1.19 bits per heavy atom. The molecule has 3 N–H and O–H groups in total. The highest BCUT2D eigenvalue weighted by molar-refractivity contribution is 5.94. The number of nitrogens with one attached hydrogen (secondary N) is 3. The smallest absolute Gasteiger partial charge is 0.282 e. The predicted molar refractivity (Wildman–Crippen MR) is 83.7 cm³/mol. The number of fused-ring (bicyclic) bond motifs is 1. The molecule has 7 heteroatoms. The Balaban J connectivity index is 0.00000161. The van der Waals surface area contributed by atoms with Crippen molar-refractivity contribution >= 4 is 29.2 Å². The van der Waals surface area contributed by atoms with E-state index in [4.69, 9.17) is 0 Å². The molecule has 0 unspecified atom stereocenters. The van der Waals surface area contributed by atoms with Crippen LogP contribution in [0.2, 0.25) is 0 Å². The third-order valence-electron chi connectivity index (χ3n) is 3.36. The van der Waals surface area contributed by atoms with E-state index in [1.54, 1.807) is 18.2 Å². The van der Waals surface area contributed by atoms with Gasteiger partial charge in [-0.3, -0.25) is 15.0 Å². The number of hydrogen-bond acceptors (Lipinski definition) is 4. The third kappa shape index (κ3) is 3.41. The van der Waals surface area contributed by atoms with Crippen molar-refractivity contribution in [1.82, 2.24) is 20.7 Å². The second-order valence-electron chi connectivity index (χ2n) is 4.77. The molecular formula is C14H17ClN4O2. The van der Waals surface area contributed by atoms with Gasteiger partial charge >= 0.3 is 0 Å². The molecule has 0 bridgehead atoms. The highest BCUT2D eigenvalue weighted by Gasteiger charge is 2.15. The monoisotopic (exact) mass is 308 g/mol. The maximum atomic E-state index is 12.2. The van der Waals surface area contributed by atoms with E-state index in [0.29, 0.717) is 10.9 Å². The molecule has 0 radical (unpaired) electrons. The lowest BCUT2D eigenvalue weighted by Gasteiger charge is -2.27. The van der Waals surface area contributed by atoms with Crippen LogP contribution in [0, 0.1) is 0 Å². The third-order valence-corrected chi connectivity index (χ3v) is 3.36. The van der Waals surface area contributed by atoms with Crippen LogP contribution >= 0.6 is 12.4 Å². The summed E-state index contributed by atoms with van der Waals surface area (Å²) in [5.74, 6) is -0.283. The number of halogens is 1. The summed E-state index contributed by atoms with van der Waals surface area (Å²) in [6, 6.07) is 8.51. The van der Waals surface area contributed by atoms with Gasteiger partial charge in [-0.1, -0.05) is 12.1 Å². The van der Waals surface area contributed by atoms with Crippen molar-refractivity contribution in [3.63, 3.8) is 0 Å². The normalized spacial score (nSPS) is 15.4. The van der Waals surface area contributed by atoms with E-state index in [1.807, 2.05) is 11.1 Å². The Bertz CT molecular complexity index is 695. The van der Waals surface area contributed by atoms with E-state index in [0.717, 1.165) is 26.2 Å². The van der Waals surface area contributed by atoms with Crippen molar-refractivity contribution < 1.29 is 4.79 Å². The summed E-state index contributed by atoms with van der Waals surface area (Å²) in [6.45, 7) is 3.19. The molecule has 0 saturated carbocycles. The number of pyridine rings is 1. The summed E-state index contributed by atoms with van der Waals surface area (Å²) >= 11 is 0. The Morgan fingerprint density at radius 2 is 1.90 bits per heavy atom. The molecule has 1 aliphatic heterocycles. The minimum atomic E-state index is -0.283. The number of carbonyl (C=O) groups is 1. The van der Waals surface area contributed by atoms with Gasteiger partial charge in [0.2, 0.25) is 0 Å². The van der Waals surface area contributed by atoms with Crippen LogP contribution in [0.4, 0.5) is 0 Å². The summed E-state index contributed by atoms with van der Waals surface area (Å²) in [7, 11) is 0. The molecule has 1 saturated heterocycles. The molecule has 0 spiro atoms. The first kappa shape index (κ1) is 15.5. The lowest BCUT2D eigenvalue weighted by atomic mass is 10.2.